The predicted octanol–water partition coefficient (Wildman–Crippen LogP) is 2.67. The second-order valence-electron chi connectivity index (χ2n) is 7.19. The maximum Gasteiger partial charge on any atom is 0.148 e. The molecule has 128 valence electrons. The van der Waals surface area contributed by atoms with E-state index in [9.17, 15) is 5.26 Å². The fourth-order valence-corrected chi connectivity index (χ4v) is 3.71. The normalized spacial score (nSPS) is 17.5. The highest BCUT2D eigenvalue weighted by Crippen LogP contribution is 2.27. The van der Waals surface area contributed by atoms with Crippen LogP contribution in [0, 0.1) is 11.3 Å². The van der Waals surface area contributed by atoms with Crippen molar-refractivity contribution in [2.75, 3.05) is 32.5 Å². The van der Waals surface area contributed by atoms with Crippen LogP contribution < -0.4 is 5.32 Å². The van der Waals surface area contributed by atoms with E-state index >= 15 is 0 Å². The Balaban J connectivity index is 1.65. The van der Waals surface area contributed by atoms with Gasteiger partial charge in [0.05, 0.1) is 5.56 Å². The molecule has 0 saturated heterocycles. The Bertz CT molecular complexity index is 852. The zero-order chi connectivity index (χ0) is 17.4. The molecule has 1 aromatic carbocycles. The SMILES string of the molecule is CN1CCc2ccc(Nc3nc4c(cc3C#N)CN(C)CC4)cc2C1. The number of nitrogens with one attached hydrogen (secondary N) is 1. The number of benzene rings is 1. The summed E-state index contributed by atoms with van der Waals surface area (Å²) in [6.45, 7) is 3.96. The van der Waals surface area contributed by atoms with Crippen LogP contribution in [0.5, 0.6) is 0 Å². The van der Waals surface area contributed by atoms with E-state index in [4.69, 9.17) is 4.98 Å². The lowest BCUT2D eigenvalue weighted by Crippen LogP contribution is -2.27. The molecule has 0 atom stereocenters. The van der Waals surface area contributed by atoms with Gasteiger partial charge >= 0.3 is 0 Å². The van der Waals surface area contributed by atoms with E-state index in [0.29, 0.717) is 11.4 Å². The number of hydrogen-bond donors (Lipinski definition) is 1. The van der Waals surface area contributed by atoms with Crippen LogP contribution in [0.3, 0.4) is 0 Å². The first-order valence-corrected chi connectivity index (χ1v) is 8.81. The number of nitrogens with zero attached hydrogens (tertiary/aromatic N) is 4. The van der Waals surface area contributed by atoms with Gasteiger partial charge in [0.25, 0.3) is 0 Å². The first-order chi connectivity index (χ1) is 12.1. The van der Waals surface area contributed by atoms with Crippen LogP contribution in [-0.2, 0) is 25.9 Å². The van der Waals surface area contributed by atoms with Gasteiger partial charge in [-0.2, -0.15) is 5.26 Å². The van der Waals surface area contributed by atoms with Gasteiger partial charge in [-0.15, -0.1) is 0 Å². The summed E-state index contributed by atoms with van der Waals surface area (Å²) < 4.78 is 0. The number of rotatable bonds is 2. The second-order valence-corrected chi connectivity index (χ2v) is 7.19. The van der Waals surface area contributed by atoms with Crippen molar-refractivity contribution in [3.05, 3.63) is 52.2 Å². The Kier molecular flexibility index (Phi) is 4.16. The molecular weight excluding hydrogens is 310 g/mol. The van der Waals surface area contributed by atoms with Crippen LogP contribution >= 0.6 is 0 Å². The number of nitriles is 1. The fraction of sp³-hybridized carbons (Fsp3) is 0.400. The average molecular weight is 333 g/mol. The van der Waals surface area contributed by atoms with Crippen molar-refractivity contribution >= 4 is 11.5 Å². The van der Waals surface area contributed by atoms with Crippen LogP contribution in [-0.4, -0.2) is 42.0 Å². The molecule has 0 bridgehead atoms. The molecule has 0 radical (unpaired) electrons. The summed E-state index contributed by atoms with van der Waals surface area (Å²) in [5.74, 6) is 0.676. The minimum atomic E-state index is 0.615. The van der Waals surface area contributed by atoms with E-state index in [1.807, 2.05) is 6.07 Å². The van der Waals surface area contributed by atoms with Crippen LogP contribution in [0.4, 0.5) is 11.5 Å². The van der Waals surface area contributed by atoms with Crippen LogP contribution in [0.25, 0.3) is 0 Å². The molecule has 0 aliphatic carbocycles. The zero-order valence-electron chi connectivity index (χ0n) is 14.8. The molecule has 1 N–H and O–H groups in total. The minimum Gasteiger partial charge on any atom is -0.339 e. The van der Waals surface area contributed by atoms with Gasteiger partial charge in [-0.05, 0) is 55.4 Å². The number of hydrogen-bond acceptors (Lipinski definition) is 5. The van der Waals surface area contributed by atoms with Gasteiger partial charge in [-0.3, -0.25) is 0 Å². The lowest BCUT2D eigenvalue weighted by molar-refractivity contribution is 0.310. The molecule has 0 saturated carbocycles. The maximum absolute atomic E-state index is 9.54. The predicted molar refractivity (Wildman–Crippen MR) is 98.8 cm³/mol. The molecule has 0 unspecified atom stereocenters. The van der Waals surface area contributed by atoms with Gasteiger partial charge < -0.3 is 15.1 Å². The number of fused-ring (bicyclic) bond motifs is 2. The molecule has 0 fully saturated rings. The standard InChI is InChI=1S/C20H23N5/c1-24-7-5-14-3-4-18(10-16(14)12-24)22-20-15(11-21)9-17-13-25(2)8-6-19(17)23-20/h3-4,9-10H,5-8,12-13H2,1-2H3,(H,22,23). The third kappa shape index (κ3) is 3.23. The Morgan fingerprint density at radius 2 is 1.76 bits per heavy atom. The number of anilines is 2. The second kappa shape index (κ2) is 6.47. The monoisotopic (exact) mass is 333 g/mol. The largest absolute Gasteiger partial charge is 0.339 e. The summed E-state index contributed by atoms with van der Waals surface area (Å²) in [4.78, 5) is 9.37. The van der Waals surface area contributed by atoms with Gasteiger partial charge in [0.15, 0.2) is 0 Å². The molecule has 2 aliphatic heterocycles. The molecule has 0 spiro atoms. The molecular formula is C20H23N5. The summed E-state index contributed by atoms with van der Waals surface area (Å²) in [5.41, 5.74) is 6.68. The molecule has 1 aromatic heterocycles. The molecule has 0 amide bonds. The van der Waals surface area contributed by atoms with Crippen LogP contribution in [0.1, 0.15) is 27.9 Å². The molecule has 4 rings (SSSR count). The number of likely N-dealkylation sites (N-methyl/N-ethyl adjacent to an activating group) is 2. The van der Waals surface area contributed by atoms with Gasteiger partial charge in [0, 0.05) is 44.0 Å². The third-order valence-electron chi connectivity index (χ3n) is 5.15. The summed E-state index contributed by atoms with van der Waals surface area (Å²) in [5, 5.41) is 12.9. The Hall–Kier alpha value is -2.42. The van der Waals surface area contributed by atoms with E-state index < -0.39 is 0 Å². The van der Waals surface area contributed by atoms with E-state index in [2.05, 4.69) is 53.5 Å². The van der Waals surface area contributed by atoms with Crippen molar-refractivity contribution in [1.29, 1.82) is 5.26 Å². The summed E-state index contributed by atoms with van der Waals surface area (Å²) in [7, 11) is 4.25. The third-order valence-corrected chi connectivity index (χ3v) is 5.15. The van der Waals surface area contributed by atoms with Crippen molar-refractivity contribution < 1.29 is 0 Å². The van der Waals surface area contributed by atoms with Crippen LogP contribution in [0.2, 0.25) is 0 Å². The smallest absolute Gasteiger partial charge is 0.148 e. The van der Waals surface area contributed by atoms with E-state index in [0.717, 1.165) is 50.4 Å². The van der Waals surface area contributed by atoms with Gasteiger partial charge in [0.1, 0.15) is 11.9 Å². The number of pyridine rings is 1. The Labute approximate surface area is 148 Å². The fourth-order valence-electron chi connectivity index (χ4n) is 3.71. The molecule has 5 nitrogen and oxygen atoms in total. The van der Waals surface area contributed by atoms with E-state index in [1.165, 1.54) is 16.7 Å². The van der Waals surface area contributed by atoms with Crippen molar-refractivity contribution in [3.63, 3.8) is 0 Å². The maximum atomic E-state index is 9.54. The van der Waals surface area contributed by atoms with E-state index in [-0.39, 0.29) is 0 Å². The molecule has 5 heteroatoms. The van der Waals surface area contributed by atoms with Crippen molar-refractivity contribution in [3.8, 4) is 6.07 Å². The van der Waals surface area contributed by atoms with E-state index in [1.54, 1.807) is 0 Å². The highest BCUT2D eigenvalue weighted by molar-refractivity contribution is 5.65. The summed E-state index contributed by atoms with van der Waals surface area (Å²) >= 11 is 0. The Morgan fingerprint density at radius 1 is 1.00 bits per heavy atom. The number of aromatic nitrogens is 1. The highest BCUT2D eigenvalue weighted by atomic mass is 15.1. The molecule has 2 aliphatic rings. The van der Waals surface area contributed by atoms with Crippen molar-refractivity contribution in [2.24, 2.45) is 0 Å². The van der Waals surface area contributed by atoms with Gasteiger partial charge in [0.2, 0.25) is 0 Å². The van der Waals surface area contributed by atoms with Gasteiger partial charge in [-0.25, -0.2) is 4.98 Å². The first kappa shape index (κ1) is 16.1. The van der Waals surface area contributed by atoms with Gasteiger partial charge in [-0.1, -0.05) is 6.07 Å². The zero-order valence-corrected chi connectivity index (χ0v) is 14.8. The topological polar surface area (TPSA) is 55.2 Å². The molecule has 3 heterocycles. The first-order valence-electron chi connectivity index (χ1n) is 8.81. The highest BCUT2D eigenvalue weighted by Gasteiger charge is 2.18. The lowest BCUT2D eigenvalue weighted by atomic mass is 9.99. The summed E-state index contributed by atoms with van der Waals surface area (Å²) in [6, 6.07) is 10.8. The Morgan fingerprint density at radius 3 is 2.56 bits per heavy atom. The minimum absolute atomic E-state index is 0.615. The van der Waals surface area contributed by atoms with Crippen LogP contribution in [0.15, 0.2) is 24.3 Å². The molecule has 25 heavy (non-hydrogen) atoms. The van der Waals surface area contributed by atoms with Crippen molar-refractivity contribution in [1.82, 2.24) is 14.8 Å². The average Bonchev–Trinajstić information content (AvgIpc) is 2.61. The van der Waals surface area contributed by atoms with Crippen molar-refractivity contribution in [2.45, 2.75) is 25.9 Å². The summed E-state index contributed by atoms with van der Waals surface area (Å²) in [6.07, 6.45) is 2.03. The lowest BCUT2D eigenvalue weighted by Gasteiger charge is -2.26. The quantitative estimate of drug-likeness (QED) is 0.916. The molecule has 2 aromatic rings.